The molecule has 7 heteroatoms. The Hall–Kier alpha value is -2.83. The van der Waals surface area contributed by atoms with E-state index < -0.39 is 0 Å². The van der Waals surface area contributed by atoms with Gasteiger partial charge in [0.15, 0.2) is 11.2 Å². The maximum atomic E-state index is 12.2. The third-order valence-electron chi connectivity index (χ3n) is 2.75. The lowest BCUT2D eigenvalue weighted by molar-refractivity contribution is 1.07. The van der Waals surface area contributed by atoms with Gasteiger partial charge in [-0.2, -0.15) is 10.1 Å². The molecule has 0 aliphatic rings. The van der Waals surface area contributed by atoms with Crippen LogP contribution in [0.1, 0.15) is 0 Å². The molecule has 1 aromatic carbocycles. The van der Waals surface area contributed by atoms with Crippen LogP contribution in [0.25, 0.3) is 28.0 Å². The van der Waals surface area contributed by atoms with Crippen molar-refractivity contribution in [2.75, 3.05) is 0 Å². The van der Waals surface area contributed by atoms with Gasteiger partial charge in [-0.1, -0.05) is 12.1 Å². The quantitative estimate of drug-likeness (QED) is 0.451. The third kappa shape index (κ3) is 1.10. The predicted molar refractivity (Wildman–Crippen MR) is 64.2 cm³/mol. The fraction of sp³-hybridized carbons (Fsp3) is 0. The molecule has 0 bridgehead atoms. The normalized spacial score (nSPS) is 11.6. The lowest BCUT2D eigenvalue weighted by Gasteiger charge is -1.99. The lowest BCUT2D eigenvalue weighted by Crippen LogP contribution is -2.15. The van der Waals surface area contributed by atoms with Gasteiger partial charge in [-0.05, 0) is 12.1 Å². The van der Waals surface area contributed by atoms with Crippen LogP contribution in [-0.2, 0) is 0 Å². The van der Waals surface area contributed by atoms with Crippen molar-refractivity contribution in [2.24, 2.45) is 0 Å². The molecule has 3 aromatic heterocycles. The highest BCUT2D eigenvalue weighted by molar-refractivity contribution is 5.84. The van der Waals surface area contributed by atoms with Gasteiger partial charge in [0.05, 0.1) is 11.0 Å². The van der Waals surface area contributed by atoms with E-state index in [0.717, 1.165) is 0 Å². The van der Waals surface area contributed by atoms with E-state index in [1.807, 2.05) is 24.3 Å². The molecule has 3 heterocycles. The predicted octanol–water partition coefficient (Wildman–Crippen LogP) is 0.514. The molecule has 0 atom stereocenters. The van der Waals surface area contributed by atoms with Crippen molar-refractivity contribution in [3.05, 3.63) is 40.9 Å². The van der Waals surface area contributed by atoms with Crippen molar-refractivity contribution < 1.29 is 0 Å². The number of rotatable bonds is 0. The second-order valence-corrected chi connectivity index (χ2v) is 3.85. The van der Waals surface area contributed by atoms with E-state index in [-0.39, 0.29) is 11.1 Å². The van der Waals surface area contributed by atoms with Crippen molar-refractivity contribution in [1.82, 2.24) is 29.5 Å². The van der Waals surface area contributed by atoms with Crippen LogP contribution < -0.4 is 5.56 Å². The zero-order valence-electron chi connectivity index (χ0n) is 9.03. The Kier molecular flexibility index (Phi) is 1.59. The molecule has 7 nitrogen and oxygen atoms in total. The first kappa shape index (κ1) is 9.23. The summed E-state index contributed by atoms with van der Waals surface area (Å²) in [6.45, 7) is 0. The molecule has 18 heavy (non-hydrogen) atoms. The molecule has 4 aromatic rings. The number of nitrogens with one attached hydrogen (secondary N) is 1. The molecular weight excluding hydrogens is 232 g/mol. The third-order valence-corrected chi connectivity index (χ3v) is 2.75. The molecular formula is C11H6N6O. The van der Waals surface area contributed by atoms with E-state index in [4.69, 9.17) is 0 Å². The van der Waals surface area contributed by atoms with Gasteiger partial charge in [0, 0.05) is 0 Å². The molecule has 0 saturated heterocycles. The molecule has 0 aliphatic carbocycles. The summed E-state index contributed by atoms with van der Waals surface area (Å²) in [5, 5.41) is 6.41. The number of aromatic nitrogens is 6. The lowest BCUT2D eigenvalue weighted by atomic mass is 10.3. The number of hydrogen-bond donors (Lipinski definition) is 1. The Balaban J connectivity index is 2.32. The maximum absolute atomic E-state index is 12.2. The Morgan fingerprint density at radius 1 is 1.06 bits per heavy atom. The van der Waals surface area contributed by atoms with Crippen LogP contribution in [0.15, 0.2) is 35.4 Å². The Morgan fingerprint density at radius 3 is 2.67 bits per heavy atom. The first-order chi connectivity index (χ1) is 8.83. The van der Waals surface area contributed by atoms with Gasteiger partial charge in [0.25, 0.3) is 5.56 Å². The fourth-order valence-corrected chi connectivity index (χ4v) is 1.91. The van der Waals surface area contributed by atoms with Crippen molar-refractivity contribution in [3.63, 3.8) is 0 Å². The zero-order chi connectivity index (χ0) is 12.1. The van der Waals surface area contributed by atoms with Crippen molar-refractivity contribution in [3.8, 4) is 0 Å². The summed E-state index contributed by atoms with van der Waals surface area (Å²) in [4.78, 5) is 25.0. The minimum Gasteiger partial charge on any atom is -0.266 e. The van der Waals surface area contributed by atoms with Gasteiger partial charge in [-0.3, -0.25) is 4.79 Å². The van der Waals surface area contributed by atoms with Gasteiger partial charge in [-0.25, -0.2) is 19.5 Å². The number of hydrogen-bond acceptors (Lipinski definition) is 5. The number of H-pyrrole nitrogens is 1. The van der Waals surface area contributed by atoms with E-state index in [2.05, 4.69) is 25.1 Å². The second kappa shape index (κ2) is 3.10. The summed E-state index contributed by atoms with van der Waals surface area (Å²) in [5.41, 5.74) is 1.67. The van der Waals surface area contributed by atoms with Crippen LogP contribution in [-0.4, -0.2) is 29.5 Å². The van der Waals surface area contributed by atoms with Gasteiger partial charge in [0.1, 0.15) is 6.33 Å². The highest BCUT2D eigenvalue weighted by Gasteiger charge is 2.10. The van der Waals surface area contributed by atoms with E-state index in [1.165, 1.54) is 10.7 Å². The molecule has 1 N–H and O–H groups in total. The molecule has 86 valence electrons. The van der Waals surface area contributed by atoms with Crippen LogP contribution >= 0.6 is 0 Å². The first-order valence-electron chi connectivity index (χ1n) is 5.31. The van der Waals surface area contributed by atoms with Crippen LogP contribution in [0.2, 0.25) is 0 Å². The summed E-state index contributed by atoms with van der Waals surface area (Å²) in [5.74, 6) is 0.358. The summed E-state index contributed by atoms with van der Waals surface area (Å²) >= 11 is 0. The van der Waals surface area contributed by atoms with E-state index >= 15 is 0 Å². The summed E-state index contributed by atoms with van der Waals surface area (Å²) in [7, 11) is 0. The van der Waals surface area contributed by atoms with Gasteiger partial charge < -0.3 is 0 Å². The zero-order valence-corrected chi connectivity index (χ0v) is 9.03. The van der Waals surface area contributed by atoms with Gasteiger partial charge in [-0.15, -0.1) is 0 Å². The van der Waals surface area contributed by atoms with E-state index in [1.54, 1.807) is 0 Å². The van der Waals surface area contributed by atoms with Crippen molar-refractivity contribution in [2.45, 2.75) is 0 Å². The van der Waals surface area contributed by atoms with Crippen molar-refractivity contribution >= 4 is 28.0 Å². The van der Waals surface area contributed by atoms with Crippen LogP contribution in [0.4, 0.5) is 0 Å². The fourth-order valence-electron chi connectivity index (χ4n) is 1.91. The Morgan fingerprint density at radius 2 is 1.83 bits per heavy atom. The largest absolute Gasteiger partial charge is 0.288 e. The topological polar surface area (TPSA) is 88.8 Å². The minimum absolute atomic E-state index is 0.243. The molecule has 0 fully saturated rings. The number of para-hydroxylation sites is 2. The highest BCUT2D eigenvalue weighted by Crippen LogP contribution is 2.11. The molecule has 0 aliphatic heterocycles. The monoisotopic (exact) mass is 238 g/mol. The molecule has 0 unspecified atom stereocenters. The highest BCUT2D eigenvalue weighted by atomic mass is 16.1. The first-order valence-corrected chi connectivity index (χ1v) is 5.31. The average Bonchev–Trinajstić information content (AvgIpc) is 2.86. The second-order valence-electron chi connectivity index (χ2n) is 3.85. The number of benzene rings is 1. The smallest absolute Gasteiger partial charge is 0.266 e. The SMILES string of the molecule is O=c1c2nc3ccccc3nc2nc2[nH]ncn12. The van der Waals surface area contributed by atoms with Gasteiger partial charge in [0.2, 0.25) is 5.78 Å². The Bertz CT molecular complexity index is 954. The number of fused-ring (bicyclic) bond motifs is 3. The summed E-state index contributed by atoms with van der Waals surface area (Å²) in [6.07, 6.45) is 1.38. The molecule has 0 spiro atoms. The van der Waals surface area contributed by atoms with E-state index in [9.17, 15) is 4.79 Å². The Labute approximate surface area is 99.1 Å². The van der Waals surface area contributed by atoms with Crippen LogP contribution in [0.3, 0.4) is 0 Å². The standard InChI is InChI=1S/C11H6N6O/c18-10-8-9(15-11-16-12-5-17(10)11)14-7-4-2-1-3-6(7)13-8/h1-5H,(H,14,15,16). The van der Waals surface area contributed by atoms with E-state index in [0.29, 0.717) is 22.5 Å². The summed E-state index contributed by atoms with van der Waals surface area (Å²) < 4.78 is 1.31. The number of nitrogens with zero attached hydrogens (tertiary/aromatic N) is 5. The van der Waals surface area contributed by atoms with Gasteiger partial charge >= 0.3 is 0 Å². The van der Waals surface area contributed by atoms with Crippen LogP contribution in [0, 0.1) is 0 Å². The number of aromatic amines is 1. The molecule has 4 rings (SSSR count). The average molecular weight is 238 g/mol. The molecule has 0 amide bonds. The minimum atomic E-state index is -0.276. The molecule has 0 saturated carbocycles. The summed E-state index contributed by atoms with van der Waals surface area (Å²) in [6, 6.07) is 7.36. The molecule has 0 radical (unpaired) electrons. The maximum Gasteiger partial charge on any atom is 0.288 e. The van der Waals surface area contributed by atoms with Crippen LogP contribution in [0.5, 0.6) is 0 Å². The van der Waals surface area contributed by atoms with Crippen molar-refractivity contribution in [1.29, 1.82) is 0 Å².